The third kappa shape index (κ3) is 2.63. The van der Waals surface area contributed by atoms with Gasteiger partial charge in [0.1, 0.15) is 17.6 Å². The third-order valence-corrected chi connectivity index (χ3v) is 3.59. The second-order valence-electron chi connectivity index (χ2n) is 4.89. The molecule has 1 heterocycles. The van der Waals surface area contributed by atoms with Crippen LogP contribution in [-0.2, 0) is 13.0 Å². The predicted octanol–water partition coefficient (Wildman–Crippen LogP) is 3.11. The van der Waals surface area contributed by atoms with E-state index in [1.807, 2.05) is 24.3 Å². The van der Waals surface area contributed by atoms with E-state index in [2.05, 4.69) is 17.5 Å². The van der Waals surface area contributed by atoms with Crippen molar-refractivity contribution in [2.75, 3.05) is 19.0 Å². The number of ether oxygens (including phenoxy) is 2. The largest absolute Gasteiger partial charge is 0.495 e. The van der Waals surface area contributed by atoms with Crippen molar-refractivity contribution in [3.8, 4) is 17.6 Å². The van der Waals surface area contributed by atoms with E-state index < -0.39 is 0 Å². The zero-order chi connectivity index (χ0) is 14.7. The monoisotopic (exact) mass is 280 g/mol. The molecule has 0 saturated carbocycles. The Bertz CT molecular complexity index is 704. The Morgan fingerprint density at radius 2 is 2.24 bits per heavy atom. The molecule has 0 spiro atoms. The fraction of sp³-hybridized carbons (Fsp3) is 0.235. The molecule has 3 rings (SSSR count). The molecule has 2 aromatic carbocycles. The molecule has 0 aliphatic carbocycles. The van der Waals surface area contributed by atoms with Crippen LogP contribution < -0.4 is 14.8 Å². The number of fused-ring (bicyclic) bond motifs is 1. The third-order valence-electron chi connectivity index (χ3n) is 3.59. The minimum Gasteiger partial charge on any atom is -0.495 e. The molecule has 1 N–H and O–H groups in total. The van der Waals surface area contributed by atoms with Gasteiger partial charge in [-0.05, 0) is 29.3 Å². The smallest absolute Gasteiger partial charge is 0.143 e. The molecule has 0 bridgehead atoms. The highest BCUT2D eigenvalue weighted by atomic mass is 16.5. The first kappa shape index (κ1) is 13.3. The summed E-state index contributed by atoms with van der Waals surface area (Å²) in [7, 11) is 1.61. The lowest BCUT2D eigenvalue weighted by Crippen LogP contribution is -2.03. The van der Waals surface area contributed by atoms with Gasteiger partial charge in [-0.3, -0.25) is 0 Å². The van der Waals surface area contributed by atoms with E-state index in [1.54, 1.807) is 13.2 Å². The van der Waals surface area contributed by atoms with Gasteiger partial charge >= 0.3 is 0 Å². The van der Waals surface area contributed by atoms with Crippen LogP contribution in [0.3, 0.4) is 0 Å². The topological polar surface area (TPSA) is 54.3 Å². The molecular formula is C17H16N2O2. The molecule has 0 fully saturated rings. The molecular weight excluding hydrogens is 264 g/mol. The standard InChI is InChI=1S/C17H16N2O2/c1-20-16-4-2-3-14(10-18)17(16)19-11-12-5-6-15-13(9-12)7-8-21-15/h2-6,9,19H,7-8,11H2,1H3. The summed E-state index contributed by atoms with van der Waals surface area (Å²) in [6.07, 6.45) is 0.960. The molecule has 1 aliphatic heterocycles. The summed E-state index contributed by atoms with van der Waals surface area (Å²) in [6, 6.07) is 13.8. The van der Waals surface area contributed by atoms with Crippen LogP contribution in [0.25, 0.3) is 0 Å². The van der Waals surface area contributed by atoms with E-state index >= 15 is 0 Å². The lowest BCUT2D eigenvalue weighted by atomic mass is 10.1. The molecule has 0 aromatic heterocycles. The van der Waals surface area contributed by atoms with Crippen molar-refractivity contribution in [1.82, 2.24) is 0 Å². The van der Waals surface area contributed by atoms with Crippen molar-refractivity contribution < 1.29 is 9.47 Å². The summed E-state index contributed by atoms with van der Waals surface area (Å²) in [5.41, 5.74) is 3.72. The highest BCUT2D eigenvalue weighted by Crippen LogP contribution is 2.29. The molecule has 21 heavy (non-hydrogen) atoms. The Balaban J connectivity index is 1.81. The molecule has 106 valence electrons. The maximum absolute atomic E-state index is 9.20. The van der Waals surface area contributed by atoms with Gasteiger partial charge in [-0.25, -0.2) is 0 Å². The van der Waals surface area contributed by atoms with Gasteiger partial charge in [0.05, 0.1) is 25.0 Å². The number of nitrogens with zero attached hydrogens (tertiary/aromatic N) is 1. The van der Waals surface area contributed by atoms with Gasteiger partial charge in [-0.15, -0.1) is 0 Å². The molecule has 0 atom stereocenters. The number of para-hydroxylation sites is 1. The van der Waals surface area contributed by atoms with Crippen LogP contribution in [-0.4, -0.2) is 13.7 Å². The lowest BCUT2D eigenvalue weighted by Gasteiger charge is -2.13. The van der Waals surface area contributed by atoms with Gasteiger partial charge in [-0.1, -0.05) is 18.2 Å². The predicted molar refractivity (Wildman–Crippen MR) is 80.7 cm³/mol. The van der Waals surface area contributed by atoms with E-state index in [9.17, 15) is 5.26 Å². The van der Waals surface area contributed by atoms with Crippen LogP contribution in [0.4, 0.5) is 5.69 Å². The van der Waals surface area contributed by atoms with E-state index in [0.29, 0.717) is 17.9 Å². The van der Waals surface area contributed by atoms with Crippen LogP contribution in [0.15, 0.2) is 36.4 Å². The Morgan fingerprint density at radius 3 is 3.05 bits per heavy atom. The summed E-state index contributed by atoms with van der Waals surface area (Å²) < 4.78 is 10.8. The molecule has 4 nitrogen and oxygen atoms in total. The lowest BCUT2D eigenvalue weighted by molar-refractivity contribution is 0.357. The molecule has 0 unspecified atom stereocenters. The fourth-order valence-electron chi connectivity index (χ4n) is 2.52. The first-order valence-electron chi connectivity index (χ1n) is 6.87. The maximum atomic E-state index is 9.20. The summed E-state index contributed by atoms with van der Waals surface area (Å²) in [5.74, 6) is 1.66. The van der Waals surface area contributed by atoms with Gasteiger partial charge in [0, 0.05) is 13.0 Å². The van der Waals surface area contributed by atoms with Crippen LogP contribution in [0.2, 0.25) is 0 Å². The minimum absolute atomic E-state index is 0.582. The molecule has 0 saturated heterocycles. The van der Waals surface area contributed by atoms with Gasteiger partial charge in [0.15, 0.2) is 0 Å². The van der Waals surface area contributed by atoms with Crippen LogP contribution >= 0.6 is 0 Å². The molecule has 0 amide bonds. The summed E-state index contributed by atoms with van der Waals surface area (Å²) in [6.45, 7) is 1.40. The first-order chi connectivity index (χ1) is 10.3. The minimum atomic E-state index is 0.582. The van der Waals surface area contributed by atoms with Crippen molar-refractivity contribution >= 4 is 5.69 Å². The Morgan fingerprint density at radius 1 is 1.33 bits per heavy atom. The van der Waals surface area contributed by atoms with E-state index in [0.717, 1.165) is 30.0 Å². The van der Waals surface area contributed by atoms with Crippen LogP contribution in [0.5, 0.6) is 11.5 Å². The second-order valence-corrected chi connectivity index (χ2v) is 4.89. The number of hydrogen-bond acceptors (Lipinski definition) is 4. The van der Waals surface area contributed by atoms with Crippen molar-refractivity contribution in [3.05, 3.63) is 53.1 Å². The maximum Gasteiger partial charge on any atom is 0.143 e. The Hall–Kier alpha value is -2.67. The van der Waals surface area contributed by atoms with Gasteiger partial charge in [0.25, 0.3) is 0 Å². The summed E-state index contributed by atoms with van der Waals surface area (Å²) >= 11 is 0. The zero-order valence-corrected chi connectivity index (χ0v) is 11.8. The van der Waals surface area contributed by atoms with Gasteiger partial charge < -0.3 is 14.8 Å². The molecule has 4 heteroatoms. The van der Waals surface area contributed by atoms with Crippen molar-refractivity contribution in [2.45, 2.75) is 13.0 Å². The summed E-state index contributed by atoms with van der Waals surface area (Å²) in [4.78, 5) is 0. The Labute approximate surface area is 123 Å². The highest BCUT2D eigenvalue weighted by Gasteiger charge is 2.13. The zero-order valence-electron chi connectivity index (χ0n) is 11.8. The highest BCUT2D eigenvalue weighted by molar-refractivity contribution is 5.66. The van der Waals surface area contributed by atoms with Crippen molar-refractivity contribution in [1.29, 1.82) is 5.26 Å². The number of benzene rings is 2. The number of nitriles is 1. The molecule has 0 radical (unpaired) electrons. The number of nitrogens with one attached hydrogen (secondary N) is 1. The average Bonchev–Trinajstić information content (AvgIpc) is 3.00. The van der Waals surface area contributed by atoms with Crippen LogP contribution in [0, 0.1) is 11.3 Å². The normalized spacial score (nSPS) is 12.2. The van der Waals surface area contributed by atoms with Crippen molar-refractivity contribution in [3.63, 3.8) is 0 Å². The average molecular weight is 280 g/mol. The van der Waals surface area contributed by atoms with E-state index in [1.165, 1.54) is 5.56 Å². The first-order valence-corrected chi connectivity index (χ1v) is 6.87. The number of anilines is 1. The molecule has 2 aromatic rings. The SMILES string of the molecule is COc1cccc(C#N)c1NCc1ccc2c(c1)CCO2. The second kappa shape index (κ2) is 5.76. The van der Waals surface area contributed by atoms with Gasteiger partial charge in [-0.2, -0.15) is 5.26 Å². The van der Waals surface area contributed by atoms with Gasteiger partial charge in [0.2, 0.25) is 0 Å². The molecule has 1 aliphatic rings. The van der Waals surface area contributed by atoms with E-state index in [4.69, 9.17) is 9.47 Å². The number of rotatable bonds is 4. The van der Waals surface area contributed by atoms with Crippen molar-refractivity contribution in [2.24, 2.45) is 0 Å². The fourth-order valence-corrected chi connectivity index (χ4v) is 2.52. The summed E-state index contributed by atoms with van der Waals surface area (Å²) in [5, 5.41) is 12.5. The quantitative estimate of drug-likeness (QED) is 0.935. The number of methoxy groups -OCH3 is 1. The van der Waals surface area contributed by atoms with Crippen LogP contribution in [0.1, 0.15) is 16.7 Å². The Kier molecular flexibility index (Phi) is 3.65. The van der Waals surface area contributed by atoms with E-state index in [-0.39, 0.29) is 0 Å². The number of hydrogen-bond donors (Lipinski definition) is 1.